The first-order valence-corrected chi connectivity index (χ1v) is 4.05. The molecule has 0 fully saturated rings. The molecule has 0 aromatic heterocycles. The quantitative estimate of drug-likeness (QED) is 0.451. The molecule has 0 aromatic rings. The first-order chi connectivity index (χ1) is 5.08. The van der Waals surface area contributed by atoms with Crippen molar-refractivity contribution in [1.29, 1.82) is 0 Å². The molecule has 0 amide bonds. The molecular weight excluding hydrogens is 138 g/mol. The summed E-state index contributed by atoms with van der Waals surface area (Å²) in [5, 5.41) is 2.88. The van der Waals surface area contributed by atoms with Crippen molar-refractivity contribution in [2.24, 2.45) is 16.5 Å². The Labute approximate surface area is 67.7 Å². The predicted molar refractivity (Wildman–Crippen MR) is 46.3 cm³/mol. The van der Waals surface area contributed by atoms with Gasteiger partial charge in [-0.15, -0.1) is 0 Å². The van der Waals surface area contributed by atoms with Gasteiger partial charge in [0.25, 0.3) is 0 Å². The Hall–Kier alpha value is -0.660. The van der Waals surface area contributed by atoms with Crippen LogP contribution in [0.25, 0.3) is 0 Å². The Bertz CT molecular complexity index is 194. The molecule has 0 aliphatic heterocycles. The van der Waals surface area contributed by atoms with Crippen molar-refractivity contribution in [3.8, 4) is 0 Å². The van der Waals surface area contributed by atoms with Crippen molar-refractivity contribution in [2.75, 3.05) is 6.54 Å². The second kappa shape index (κ2) is 2.76. The Morgan fingerprint density at radius 1 is 1.64 bits per heavy atom. The second-order valence-corrected chi connectivity index (χ2v) is 3.98. The molecule has 0 saturated heterocycles. The van der Waals surface area contributed by atoms with E-state index in [4.69, 9.17) is 0 Å². The normalized spacial score (nSPS) is 22.8. The summed E-state index contributed by atoms with van der Waals surface area (Å²) in [6, 6.07) is 0. The molecule has 11 heavy (non-hydrogen) atoms. The fourth-order valence-corrected chi connectivity index (χ4v) is 1.55. The van der Waals surface area contributed by atoms with E-state index in [1.54, 1.807) is 0 Å². The first kappa shape index (κ1) is 8.44. The van der Waals surface area contributed by atoms with Gasteiger partial charge >= 0.3 is 0 Å². The number of allylic oxidation sites excluding steroid dienone is 2. The third-order valence-corrected chi connectivity index (χ3v) is 2.50. The molecule has 0 spiro atoms. The van der Waals surface area contributed by atoms with Crippen LogP contribution in [0.3, 0.4) is 0 Å². The summed E-state index contributed by atoms with van der Waals surface area (Å²) in [5.74, 6) is 0.629. The van der Waals surface area contributed by atoms with Crippen LogP contribution in [-0.2, 0) is 0 Å². The number of nitrogens with zero attached hydrogens (tertiary/aromatic N) is 1. The van der Waals surface area contributed by atoms with E-state index in [1.807, 2.05) is 0 Å². The van der Waals surface area contributed by atoms with Gasteiger partial charge in [0.15, 0.2) is 0 Å². The minimum absolute atomic E-state index is 0.248. The van der Waals surface area contributed by atoms with Gasteiger partial charge < -0.3 is 0 Å². The second-order valence-electron chi connectivity index (χ2n) is 3.98. The van der Waals surface area contributed by atoms with Crippen molar-refractivity contribution in [2.45, 2.75) is 27.2 Å². The van der Waals surface area contributed by atoms with E-state index in [1.165, 1.54) is 5.57 Å². The fraction of sp³-hybridized carbons (Fsp3) is 0.778. The van der Waals surface area contributed by atoms with Crippen molar-refractivity contribution in [3.05, 3.63) is 16.6 Å². The Balaban J connectivity index is 2.34. The monoisotopic (exact) mass is 153 g/mol. The molecular formula is C9H15NO. The van der Waals surface area contributed by atoms with Crippen LogP contribution in [0.5, 0.6) is 0 Å². The third-order valence-electron chi connectivity index (χ3n) is 2.50. The van der Waals surface area contributed by atoms with E-state index in [0.717, 1.165) is 6.42 Å². The lowest BCUT2D eigenvalue weighted by atomic mass is 9.81. The number of rotatable bonds is 4. The van der Waals surface area contributed by atoms with Crippen LogP contribution in [-0.4, -0.2) is 6.54 Å². The Kier molecular flexibility index (Phi) is 2.12. The first-order valence-electron chi connectivity index (χ1n) is 4.05. The van der Waals surface area contributed by atoms with Crippen LogP contribution in [0.2, 0.25) is 0 Å². The van der Waals surface area contributed by atoms with Gasteiger partial charge in [-0.2, -0.15) is 4.91 Å². The van der Waals surface area contributed by atoms with Gasteiger partial charge in [0.1, 0.15) is 0 Å². The lowest BCUT2D eigenvalue weighted by Crippen LogP contribution is -2.17. The zero-order valence-electron chi connectivity index (χ0n) is 7.42. The van der Waals surface area contributed by atoms with Gasteiger partial charge in [-0.3, -0.25) is 0 Å². The summed E-state index contributed by atoms with van der Waals surface area (Å²) in [5.41, 5.74) is 1.71. The minimum Gasteiger partial charge on any atom is -0.151 e. The molecule has 2 nitrogen and oxygen atoms in total. The summed E-state index contributed by atoms with van der Waals surface area (Å²) in [4.78, 5) is 9.91. The van der Waals surface area contributed by atoms with E-state index >= 15 is 0 Å². The van der Waals surface area contributed by atoms with Crippen molar-refractivity contribution in [1.82, 2.24) is 0 Å². The highest BCUT2D eigenvalue weighted by atomic mass is 16.3. The average molecular weight is 153 g/mol. The molecule has 0 aromatic carbocycles. The zero-order valence-corrected chi connectivity index (χ0v) is 7.42. The number of nitroso groups, excluding NO2 is 1. The molecule has 1 unspecified atom stereocenters. The Morgan fingerprint density at radius 2 is 2.18 bits per heavy atom. The molecule has 1 aliphatic rings. The van der Waals surface area contributed by atoms with Gasteiger partial charge in [0.2, 0.25) is 0 Å². The van der Waals surface area contributed by atoms with Gasteiger partial charge in [-0.25, -0.2) is 0 Å². The number of hydrogen-bond acceptors (Lipinski definition) is 2. The number of hydrogen-bond donors (Lipinski definition) is 0. The van der Waals surface area contributed by atoms with Crippen LogP contribution in [0.1, 0.15) is 27.2 Å². The summed E-state index contributed by atoms with van der Waals surface area (Å²) >= 11 is 0. The van der Waals surface area contributed by atoms with Crippen molar-refractivity contribution < 1.29 is 0 Å². The standard InChI is InChI=1S/C9H15NO/c1-7-6-8(7)9(2,3)4-5-10-11/h6,8H,4-5H2,1-3H3. The molecule has 0 N–H and O–H groups in total. The molecule has 0 heterocycles. The van der Waals surface area contributed by atoms with E-state index in [9.17, 15) is 4.91 Å². The molecule has 2 heteroatoms. The van der Waals surface area contributed by atoms with Crippen LogP contribution in [0.15, 0.2) is 16.8 Å². The summed E-state index contributed by atoms with van der Waals surface area (Å²) in [6.07, 6.45) is 3.15. The van der Waals surface area contributed by atoms with Crippen molar-refractivity contribution in [3.63, 3.8) is 0 Å². The van der Waals surface area contributed by atoms with Gasteiger partial charge in [-0.05, 0) is 18.8 Å². The van der Waals surface area contributed by atoms with E-state index in [0.29, 0.717) is 12.5 Å². The highest BCUT2D eigenvalue weighted by Gasteiger charge is 2.35. The lowest BCUT2D eigenvalue weighted by molar-refractivity contribution is 0.303. The minimum atomic E-state index is 0.248. The van der Waals surface area contributed by atoms with Crippen molar-refractivity contribution >= 4 is 0 Å². The smallest absolute Gasteiger partial charge is 0.0816 e. The molecule has 0 radical (unpaired) electrons. The molecule has 0 saturated carbocycles. The van der Waals surface area contributed by atoms with E-state index < -0.39 is 0 Å². The topological polar surface area (TPSA) is 29.4 Å². The highest BCUT2D eigenvalue weighted by molar-refractivity contribution is 5.30. The molecule has 1 aliphatic carbocycles. The average Bonchev–Trinajstić information content (AvgIpc) is 2.63. The summed E-state index contributed by atoms with van der Waals surface area (Å²) < 4.78 is 0. The maximum Gasteiger partial charge on any atom is 0.0816 e. The van der Waals surface area contributed by atoms with Gasteiger partial charge in [0, 0.05) is 5.92 Å². The maximum atomic E-state index is 9.91. The molecule has 62 valence electrons. The molecule has 1 rings (SSSR count). The molecule has 1 atom stereocenters. The Morgan fingerprint density at radius 3 is 2.55 bits per heavy atom. The summed E-state index contributed by atoms with van der Waals surface area (Å²) in [7, 11) is 0. The SMILES string of the molecule is CC1=CC1C(C)(C)CCN=O. The van der Waals surface area contributed by atoms with Crippen LogP contribution >= 0.6 is 0 Å². The van der Waals surface area contributed by atoms with Crippen LogP contribution in [0, 0.1) is 16.2 Å². The summed E-state index contributed by atoms with van der Waals surface area (Å²) in [6.45, 7) is 6.97. The van der Waals surface area contributed by atoms with Crippen LogP contribution in [0.4, 0.5) is 0 Å². The third kappa shape index (κ3) is 1.88. The molecule has 0 bridgehead atoms. The highest BCUT2D eigenvalue weighted by Crippen LogP contribution is 2.45. The van der Waals surface area contributed by atoms with E-state index in [2.05, 4.69) is 32.0 Å². The largest absolute Gasteiger partial charge is 0.151 e. The van der Waals surface area contributed by atoms with Crippen LogP contribution < -0.4 is 0 Å². The van der Waals surface area contributed by atoms with Gasteiger partial charge in [-0.1, -0.05) is 30.7 Å². The van der Waals surface area contributed by atoms with E-state index in [-0.39, 0.29) is 5.41 Å². The lowest BCUT2D eigenvalue weighted by Gasteiger charge is -2.23. The zero-order chi connectivity index (χ0) is 8.48. The van der Waals surface area contributed by atoms with Gasteiger partial charge in [0.05, 0.1) is 6.54 Å². The predicted octanol–water partition coefficient (Wildman–Crippen LogP) is 2.75. The maximum absolute atomic E-state index is 9.91. The fourth-order valence-electron chi connectivity index (χ4n) is 1.55.